The van der Waals surface area contributed by atoms with Gasteiger partial charge in [0, 0.05) is 12.6 Å². The van der Waals surface area contributed by atoms with Gasteiger partial charge in [0.15, 0.2) is 5.76 Å². The van der Waals surface area contributed by atoms with E-state index in [1.165, 1.54) is 21.8 Å². The maximum atomic E-state index is 13.8. The molecule has 2 aromatic carbocycles. The fourth-order valence-electron chi connectivity index (χ4n) is 4.76. The van der Waals surface area contributed by atoms with E-state index in [-0.39, 0.29) is 42.5 Å². The number of tetrazole rings is 1. The third-order valence-electron chi connectivity index (χ3n) is 6.68. The van der Waals surface area contributed by atoms with Gasteiger partial charge in [0.25, 0.3) is 0 Å². The van der Waals surface area contributed by atoms with E-state index in [4.69, 9.17) is 4.42 Å². The number of phenolic OH excluding ortho intramolecular Hbond substituents is 1. The van der Waals surface area contributed by atoms with Gasteiger partial charge in [0.2, 0.25) is 17.6 Å². The number of aromatic hydroxyl groups is 1. The van der Waals surface area contributed by atoms with Crippen molar-refractivity contribution >= 4 is 11.8 Å². The van der Waals surface area contributed by atoms with Gasteiger partial charge in [-0.15, -0.1) is 10.2 Å². The minimum absolute atomic E-state index is 0.0760. The van der Waals surface area contributed by atoms with Gasteiger partial charge in [-0.3, -0.25) is 9.59 Å². The zero-order valence-electron chi connectivity index (χ0n) is 21.2. The van der Waals surface area contributed by atoms with Gasteiger partial charge >= 0.3 is 0 Å². The number of amides is 2. The van der Waals surface area contributed by atoms with E-state index in [0.29, 0.717) is 17.1 Å². The minimum atomic E-state index is -0.917. The molecule has 1 saturated carbocycles. The van der Waals surface area contributed by atoms with Crippen LogP contribution in [0.3, 0.4) is 0 Å². The Labute approximate surface area is 220 Å². The molecule has 0 bridgehead atoms. The number of carbonyl (C=O) groups excluding carboxylic acids is 2. The summed E-state index contributed by atoms with van der Waals surface area (Å²) < 4.78 is 5.57. The van der Waals surface area contributed by atoms with Crippen molar-refractivity contribution in [2.45, 2.75) is 57.8 Å². The van der Waals surface area contributed by atoms with Crippen LogP contribution >= 0.6 is 0 Å². The van der Waals surface area contributed by atoms with Crippen molar-refractivity contribution in [2.75, 3.05) is 0 Å². The molecule has 2 heterocycles. The summed E-state index contributed by atoms with van der Waals surface area (Å²) in [5.41, 5.74) is 1.47. The highest BCUT2D eigenvalue weighted by Gasteiger charge is 2.33. The van der Waals surface area contributed by atoms with E-state index in [1.807, 2.05) is 37.3 Å². The van der Waals surface area contributed by atoms with Crippen LogP contribution in [0.2, 0.25) is 0 Å². The third-order valence-corrected chi connectivity index (χ3v) is 6.68. The lowest BCUT2D eigenvalue weighted by Gasteiger charge is -2.32. The molecule has 0 radical (unpaired) electrons. The second-order valence-corrected chi connectivity index (χ2v) is 9.55. The Hall–Kier alpha value is -4.47. The highest BCUT2D eigenvalue weighted by atomic mass is 16.3. The number of hydrogen-bond donors (Lipinski definition) is 2. The van der Waals surface area contributed by atoms with Crippen molar-refractivity contribution < 1.29 is 19.1 Å². The number of rotatable bonds is 9. The molecule has 1 fully saturated rings. The molecule has 10 nitrogen and oxygen atoms in total. The van der Waals surface area contributed by atoms with Crippen LogP contribution in [0.1, 0.15) is 48.6 Å². The lowest BCUT2D eigenvalue weighted by Crippen LogP contribution is -2.46. The van der Waals surface area contributed by atoms with Gasteiger partial charge in [0.05, 0.1) is 0 Å². The van der Waals surface area contributed by atoms with E-state index >= 15 is 0 Å². The average Bonchev–Trinajstić information content (AvgIpc) is 3.68. The van der Waals surface area contributed by atoms with E-state index in [9.17, 15) is 14.7 Å². The summed E-state index contributed by atoms with van der Waals surface area (Å²) in [7, 11) is 0. The molecule has 38 heavy (non-hydrogen) atoms. The summed E-state index contributed by atoms with van der Waals surface area (Å²) >= 11 is 0. The lowest BCUT2D eigenvalue weighted by molar-refractivity contribution is -0.142. The number of nitrogens with one attached hydrogen (secondary N) is 1. The summed E-state index contributed by atoms with van der Waals surface area (Å²) in [6.45, 7) is 1.80. The fraction of sp³-hybridized carbons (Fsp3) is 0.321. The molecule has 1 atom stereocenters. The minimum Gasteiger partial charge on any atom is -0.508 e. The Morgan fingerprint density at radius 2 is 1.82 bits per heavy atom. The predicted octanol–water partition coefficient (Wildman–Crippen LogP) is 3.78. The maximum absolute atomic E-state index is 13.8. The Balaban J connectivity index is 1.46. The summed E-state index contributed by atoms with van der Waals surface area (Å²) in [5, 5.41) is 25.4. The number of phenols is 1. The van der Waals surface area contributed by atoms with Gasteiger partial charge in [-0.05, 0) is 60.4 Å². The first-order chi connectivity index (χ1) is 18.5. The van der Waals surface area contributed by atoms with E-state index in [1.54, 1.807) is 24.3 Å². The molecular weight excluding hydrogens is 484 g/mol. The van der Waals surface area contributed by atoms with Crippen LogP contribution < -0.4 is 5.32 Å². The van der Waals surface area contributed by atoms with Crippen molar-refractivity contribution in [1.29, 1.82) is 0 Å². The van der Waals surface area contributed by atoms with Crippen LogP contribution in [0.4, 0.5) is 0 Å². The molecule has 1 aliphatic rings. The van der Waals surface area contributed by atoms with E-state index in [0.717, 1.165) is 31.2 Å². The number of nitrogens with zero attached hydrogens (tertiary/aromatic N) is 5. The standard InChI is InChI=1S/C28H30N6O4/c1-19-11-16-24(38-19)27-30-32-34(31-27)18-25(36)33(17-20-7-3-2-4-8-20)26(21-12-14-23(35)15-13-21)28(37)29-22-9-5-6-10-22/h2-4,7-8,11-16,22,26,35H,5-6,9-10,17-18H2,1H3,(H,29,37)/t26-/m0/s1. The molecule has 2 N–H and O–H groups in total. The van der Waals surface area contributed by atoms with Crippen LogP contribution in [-0.2, 0) is 22.7 Å². The monoisotopic (exact) mass is 514 g/mol. The summed E-state index contributed by atoms with van der Waals surface area (Å²) in [4.78, 5) is 30.3. The number of aromatic nitrogens is 4. The largest absolute Gasteiger partial charge is 0.508 e. The maximum Gasteiger partial charge on any atom is 0.247 e. The highest BCUT2D eigenvalue weighted by molar-refractivity contribution is 5.89. The number of furan rings is 1. The number of hydrogen-bond acceptors (Lipinski definition) is 7. The molecule has 0 unspecified atom stereocenters. The number of benzene rings is 2. The zero-order valence-corrected chi connectivity index (χ0v) is 21.2. The van der Waals surface area contributed by atoms with Crippen LogP contribution in [0.25, 0.3) is 11.6 Å². The quantitative estimate of drug-likeness (QED) is 0.348. The summed E-state index contributed by atoms with van der Waals surface area (Å²) in [6.07, 6.45) is 3.96. The Bertz CT molecular complexity index is 1380. The molecule has 1 aliphatic carbocycles. The van der Waals surface area contributed by atoms with E-state index in [2.05, 4.69) is 20.7 Å². The Morgan fingerprint density at radius 1 is 1.08 bits per heavy atom. The molecule has 2 amide bonds. The Morgan fingerprint density at radius 3 is 2.50 bits per heavy atom. The van der Waals surface area contributed by atoms with Gasteiger partial charge in [-0.2, -0.15) is 4.80 Å². The summed E-state index contributed by atoms with van der Waals surface area (Å²) in [6, 6.07) is 18.6. The lowest BCUT2D eigenvalue weighted by atomic mass is 10.0. The summed E-state index contributed by atoms with van der Waals surface area (Å²) in [5.74, 6) is 0.914. The molecule has 4 aromatic rings. The Kier molecular flexibility index (Phi) is 7.48. The van der Waals surface area contributed by atoms with Crippen molar-refractivity contribution in [2.24, 2.45) is 0 Å². The first kappa shape index (κ1) is 25.2. The van der Waals surface area contributed by atoms with Crippen molar-refractivity contribution in [3.8, 4) is 17.3 Å². The van der Waals surface area contributed by atoms with Crippen LogP contribution in [0.5, 0.6) is 5.75 Å². The SMILES string of the molecule is Cc1ccc(-c2nnn(CC(=O)N(Cc3ccccc3)[C@H](C(=O)NC3CCCC3)c3ccc(O)cc3)n2)o1. The molecule has 10 heteroatoms. The molecule has 0 saturated heterocycles. The molecule has 196 valence electrons. The van der Waals surface area contributed by atoms with Gasteiger partial charge in [-0.1, -0.05) is 55.3 Å². The number of aryl methyl sites for hydroxylation is 1. The first-order valence-corrected chi connectivity index (χ1v) is 12.7. The van der Waals surface area contributed by atoms with Crippen molar-refractivity contribution in [3.63, 3.8) is 0 Å². The second-order valence-electron chi connectivity index (χ2n) is 9.55. The second kappa shape index (κ2) is 11.3. The topological polar surface area (TPSA) is 126 Å². The molecule has 5 rings (SSSR count). The average molecular weight is 515 g/mol. The van der Waals surface area contributed by atoms with Crippen LogP contribution in [0.15, 0.2) is 71.1 Å². The van der Waals surface area contributed by atoms with E-state index < -0.39 is 6.04 Å². The zero-order chi connectivity index (χ0) is 26.5. The number of carbonyl (C=O) groups is 2. The van der Waals surface area contributed by atoms with Crippen LogP contribution in [-0.4, -0.2) is 48.1 Å². The smallest absolute Gasteiger partial charge is 0.247 e. The van der Waals surface area contributed by atoms with Crippen molar-refractivity contribution in [3.05, 3.63) is 83.6 Å². The fourth-order valence-corrected chi connectivity index (χ4v) is 4.76. The molecule has 0 spiro atoms. The van der Waals surface area contributed by atoms with Gasteiger partial charge < -0.3 is 19.7 Å². The molecular formula is C28H30N6O4. The van der Waals surface area contributed by atoms with Crippen molar-refractivity contribution in [1.82, 2.24) is 30.4 Å². The first-order valence-electron chi connectivity index (χ1n) is 12.7. The van der Waals surface area contributed by atoms with Gasteiger partial charge in [-0.25, -0.2) is 0 Å². The molecule has 2 aromatic heterocycles. The van der Waals surface area contributed by atoms with Gasteiger partial charge in [0.1, 0.15) is 24.1 Å². The van der Waals surface area contributed by atoms with Crippen LogP contribution in [0, 0.1) is 6.92 Å². The normalized spacial score (nSPS) is 14.3. The predicted molar refractivity (Wildman–Crippen MR) is 138 cm³/mol. The molecule has 0 aliphatic heterocycles. The highest BCUT2D eigenvalue weighted by Crippen LogP contribution is 2.27. The third kappa shape index (κ3) is 5.91.